The molecule has 0 saturated heterocycles. The van der Waals surface area contributed by atoms with Crippen molar-refractivity contribution in [1.82, 2.24) is 9.78 Å². The molecular weight excluding hydrogens is 412 g/mol. The number of methoxy groups -OCH3 is 1. The Hall–Kier alpha value is -2.07. The molecule has 11 heteroatoms. The highest BCUT2D eigenvalue weighted by atomic mass is 35.5. The first-order valence-corrected chi connectivity index (χ1v) is 8.63. The van der Waals surface area contributed by atoms with Crippen LogP contribution >= 0.6 is 23.4 Å². The number of esters is 1. The molecule has 5 nitrogen and oxygen atoms in total. The minimum Gasteiger partial charge on any atom is -0.468 e. The molecule has 1 unspecified atom stereocenters. The van der Waals surface area contributed by atoms with Crippen molar-refractivity contribution in [2.75, 3.05) is 7.11 Å². The van der Waals surface area contributed by atoms with E-state index in [0.29, 0.717) is 10.9 Å². The topological polar surface area (TPSA) is 61.2 Å². The second-order valence-electron chi connectivity index (χ2n) is 5.42. The maximum absolute atomic E-state index is 14.3. The summed E-state index contributed by atoms with van der Waals surface area (Å²) in [6, 6.07) is 2.03. The van der Waals surface area contributed by atoms with Crippen LogP contribution in [0.15, 0.2) is 28.0 Å². The molecule has 0 bridgehead atoms. The van der Waals surface area contributed by atoms with Gasteiger partial charge in [-0.25, -0.2) is 4.39 Å². The fourth-order valence-electron chi connectivity index (χ4n) is 2.17. The Bertz CT molecular complexity index is 946. The Balaban J connectivity index is 2.57. The molecule has 1 heterocycles. The molecule has 0 fully saturated rings. The highest BCUT2D eigenvalue weighted by Crippen LogP contribution is 2.34. The van der Waals surface area contributed by atoms with E-state index in [-0.39, 0.29) is 15.6 Å². The largest absolute Gasteiger partial charge is 0.468 e. The third-order valence-electron chi connectivity index (χ3n) is 3.59. The van der Waals surface area contributed by atoms with E-state index in [1.807, 2.05) is 0 Å². The van der Waals surface area contributed by atoms with Crippen molar-refractivity contribution >= 4 is 29.3 Å². The first kappa shape index (κ1) is 21.2. The van der Waals surface area contributed by atoms with Crippen LogP contribution in [-0.2, 0) is 15.7 Å². The molecule has 0 radical (unpaired) electrons. The molecule has 1 aromatic carbocycles. The molecule has 0 aliphatic rings. The zero-order chi connectivity index (χ0) is 20.5. The first-order valence-electron chi connectivity index (χ1n) is 7.37. The maximum atomic E-state index is 14.3. The van der Waals surface area contributed by atoms with Gasteiger partial charge in [0.25, 0.3) is 5.56 Å². The highest BCUT2D eigenvalue weighted by molar-refractivity contribution is 8.00. The van der Waals surface area contributed by atoms with Gasteiger partial charge in [-0.1, -0.05) is 11.6 Å². The summed E-state index contributed by atoms with van der Waals surface area (Å²) in [5.74, 6) is -1.51. The van der Waals surface area contributed by atoms with Crippen molar-refractivity contribution < 1.29 is 27.1 Å². The normalized spacial score (nSPS) is 12.7. The van der Waals surface area contributed by atoms with E-state index in [4.69, 9.17) is 11.6 Å². The van der Waals surface area contributed by atoms with Crippen LogP contribution < -0.4 is 5.56 Å². The minimum absolute atomic E-state index is 0.0336. The Labute approximate surface area is 160 Å². The van der Waals surface area contributed by atoms with E-state index in [1.54, 1.807) is 0 Å². The molecule has 1 aromatic heterocycles. The van der Waals surface area contributed by atoms with Gasteiger partial charge in [-0.3, -0.25) is 9.59 Å². The van der Waals surface area contributed by atoms with Crippen LogP contribution in [0.25, 0.3) is 5.69 Å². The summed E-state index contributed by atoms with van der Waals surface area (Å²) in [7, 11) is 1.20. The molecule has 146 valence electrons. The second kappa shape index (κ2) is 7.89. The fraction of sp³-hybridized carbons (Fsp3) is 0.312. The van der Waals surface area contributed by atoms with Crippen LogP contribution in [0.4, 0.5) is 17.6 Å². The van der Waals surface area contributed by atoms with Crippen molar-refractivity contribution in [2.24, 2.45) is 0 Å². The lowest BCUT2D eigenvalue weighted by Gasteiger charge is -2.15. The molecule has 1 atom stereocenters. The zero-order valence-corrected chi connectivity index (χ0v) is 15.8. The van der Waals surface area contributed by atoms with Crippen molar-refractivity contribution in [3.8, 4) is 5.69 Å². The van der Waals surface area contributed by atoms with Crippen LogP contribution in [0.1, 0.15) is 18.1 Å². The Morgan fingerprint density at radius 3 is 2.56 bits per heavy atom. The number of ether oxygens (including phenoxy) is 1. The van der Waals surface area contributed by atoms with Gasteiger partial charge in [0.2, 0.25) is 0 Å². The van der Waals surface area contributed by atoms with Gasteiger partial charge in [0.15, 0.2) is 5.82 Å². The lowest BCUT2D eigenvalue weighted by Crippen LogP contribution is -2.28. The van der Waals surface area contributed by atoms with Crippen molar-refractivity contribution in [3.63, 3.8) is 0 Å². The first-order chi connectivity index (χ1) is 12.5. The number of benzene rings is 1. The Kier molecular flexibility index (Phi) is 6.21. The summed E-state index contributed by atoms with van der Waals surface area (Å²) >= 11 is 6.91. The van der Waals surface area contributed by atoms with E-state index in [1.165, 1.54) is 14.0 Å². The molecule has 0 N–H and O–H groups in total. The number of alkyl halides is 3. The van der Waals surface area contributed by atoms with Crippen molar-refractivity contribution in [1.29, 1.82) is 0 Å². The molecule has 0 aliphatic heterocycles. The minimum atomic E-state index is -4.76. The predicted octanol–water partition coefficient (Wildman–Crippen LogP) is 4.01. The maximum Gasteiger partial charge on any atom is 0.418 e. The number of aromatic nitrogens is 2. The number of carbonyl (C=O) groups excluding carboxylic acids is 1. The van der Waals surface area contributed by atoms with Crippen LogP contribution in [0.5, 0.6) is 0 Å². The summed E-state index contributed by atoms with van der Waals surface area (Å²) in [5.41, 5.74) is -3.33. The van der Waals surface area contributed by atoms with E-state index in [9.17, 15) is 27.2 Å². The molecule has 27 heavy (non-hydrogen) atoms. The molecule has 0 amide bonds. The molecule has 2 rings (SSSR count). The van der Waals surface area contributed by atoms with Gasteiger partial charge in [0.05, 0.1) is 23.9 Å². The Morgan fingerprint density at radius 2 is 2.00 bits per heavy atom. The number of halogens is 5. The number of hydrogen-bond donors (Lipinski definition) is 0. The third-order valence-corrected chi connectivity index (χ3v) is 5.15. The van der Waals surface area contributed by atoms with Gasteiger partial charge >= 0.3 is 12.1 Å². The SMILES string of the molecule is COC(=O)C(C)Sc1cc(-n2ncc(C(F)(F)F)c(C)c2=O)c(F)cc1Cl. The van der Waals surface area contributed by atoms with E-state index in [0.717, 1.165) is 30.8 Å². The third kappa shape index (κ3) is 4.44. The lowest BCUT2D eigenvalue weighted by atomic mass is 10.2. The van der Waals surface area contributed by atoms with Gasteiger partial charge < -0.3 is 4.74 Å². The van der Waals surface area contributed by atoms with Gasteiger partial charge in [-0.05, 0) is 26.0 Å². The van der Waals surface area contributed by atoms with Crippen LogP contribution in [0.2, 0.25) is 5.02 Å². The standard InChI is InChI=1S/C16H13ClF4N2O3S/c1-7-9(16(19,20)21)6-22-23(14(7)24)12-5-13(10(17)4-11(12)18)27-8(2)15(25)26-3/h4-6,8H,1-3H3. The van der Waals surface area contributed by atoms with E-state index in [2.05, 4.69) is 9.84 Å². The number of thioether (sulfide) groups is 1. The molecule has 0 spiro atoms. The van der Waals surface area contributed by atoms with Gasteiger partial charge in [-0.15, -0.1) is 11.8 Å². The van der Waals surface area contributed by atoms with Crippen LogP contribution in [0.3, 0.4) is 0 Å². The molecule has 0 aliphatic carbocycles. The molecular formula is C16H13ClF4N2O3S. The monoisotopic (exact) mass is 424 g/mol. The molecule has 2 aromatic rings. The number of carbonyl (C=O) groups is 1. The van der Waals surface area contributed by atoms with Crippen molar-refractivity contribution in [2.45, 2.75) is 30.2 Å². The van der Waals surface area contributed by atoms with Gasteiger partial charge in [0, 0.05) is 10.5 Å². The lowest BCUT2D eigenvalue weighted by molar-refractivity contribution is -0.140. The molecule has 0 saturated carbocycles. The summed E-state index contributed by atoms with van der Waals surface area (Å²) in [5, 5.41) is 2.71. The average Bonchev–Trinajstić information content (AvgIpc) is 2.58. The van der Waals surface area contributed by atoms with E-state index >= 15 is 0 Å². The highest BCUT2D eigenvalue weighted by Gasteiger charge is 2.34. The quantitative estimate of drug-likeness (QED) is 0.421. The number of rotatable bonds is 4. The average molecular weight is 425 g/mol. The second-order valence-corrected chi connectivity index (χ2v) is 7.21. The zero-order valence-electron chi connectivity index (χ0n) is 14.2. The number of hydrogen-bond acceptors (Lipinski definition) is 5. The summed E-state index contributed by atoms with van der Waals surface area (Å²) in [6.45, 7) is 2.51. The predicted molar refractivity (Wildman–Crippen MR) is 91.9 cm³/mol. The van der Waals surface area contributed by atoms with E-state index < -0.39 is 39.9 Å². The summed E-state index contributed by atoms with van der Waals surface area (Å²) in [4.78, 5) is 24.1. The van der Waals surface area contributed by atoms with Crippen LogP contribution in [-0.4, -0.2) is 28.1 Å². The van der Waals surface area contributed by atoms with Gasteiger partial charge in [0.1, 0.15) is 10.9 Å². The Morgan fingerprint density at radius 1 is 1.37 bits per heavy atom. The summed E-state index contributed by atoms with van der Waals surface area (Å²) in [6.07, 6.45) is -4.31. The van der Waals surface area contributed by atoms with Crippen molar-refractivity contribution in [3.05, 3.63) is 50.7 Å². The van der Waals surface area contributed by atoms with Crippen LogP contribution in [0, 0.1) is 12.7 Å². The smallest absolute Gasteiger partial charge is 0.418 e. The number of nitrogens with zero attached hydrogens (tertiary/aromatic N) is 2. The van der Waals surface area contributed by atoms with Gasteiger partial charge in [-0.2, -0.15) is 23.0 Å². The fourth-order valence-corrected chi connectivity index (χ4v) is 3.38. The summed E-state index contributed by atoms with van der Waals surface area (Å²) < 4.78 is 58.1.